The van der Waals surface area contributed by atoms with Gasteiger partial charge in [-0.15, -0.1) is 10.2 Å². The van der Waals surface area contributed by atoms with Crippen molar-refractivity contribution in [3.05, 3.63) is 96.1 Å². The fourth-order valence-corrected chi connectivity index (χ4v) is 4.47. The molecule has 3 aromatic heterocycles. The molecule has 0 atom stereocenters. The van der Waals surface area contributed by atoms with Crippen LogP contribution in [0.4, 0.5) is 0 Å². The van der Waals surface area contributed by atoms with Crippen LogP contribution in [-0.2, 0) is 12.3 Å². The molecule has 0 fully saturated rings. The van der Waals surface area contributed by atoms with E-state index in [-0.39, 0.29) is 0 Å². The third kappa shape index (κ3) is 3.62. The molecule has 0 spiro atoms. The van der Waals surface area contributed by atoms with E-state index < -0.39 is 0 Å². The van der Waals surface area contributed by atoms with Crippen molar-refractivity contribution in [1.82, 2.24) is 19.7 Å². The number of thioether (sulfide) groups is 1. The molecule has 0 bridgehead atoms. The molecule has 5 rings (SSSR count). The fourth-order valence-electron chi connectivity index (χ4n) is 3.55. The maximum absolute atomic E-state index is 5.61. The number of benzene rings is 2. The summed E-state index contributed by atoms with van der Waals surface area (Å²) in [6.45, 7) is 2.68. The Labute approximate surface area is 178 Å². The molecule has 0 saturated carbocycles. The lowest BCUT2D eigenvalue weighted by molar-refractivity contribution is 0.485. The van der Waals surface area contributed by atoms with Crippen LogP contribution in [0.5, 0.6) is 0 Å². The topological polar surface area (TPSA) is 56.7 Å². The highest BCUT2D eigenvalue weighted by molar-refractivity contribution is 7.98. The van der Waals surface area contributed by atoms with E-state index in [1.165, 1.54) is 11.1 Å². The molecule has 6 heteroatoms. The van der Waals surface area contributed by atoms with Crippen molar-refractivity contribution in [2.24, 2.45) is 0 Å². The second-order valence-corrected chi connectivity index (χ2v) is 8.01. The van der Waals surface area contributed by atoms with Gasteiger partial charge in [0.2, 0.25) is 0 Å². The molecule has 0 N–H and O–H groups in total. The van der Waals surface area contributed by atoms with Gasteiger partial charge in [0, 0.05) is 22.9 Å². The zero-order chi connectivity index (χ0) is 20.3. The minimum Gasteiger partial charge on any atom is -0.467 e. The fraction of sp³-hybridized carbons (Fsp3) is 0.125. The van der Waals surface area contributed by atoms with Gasteiger partial charge in [-0.3, -0.25) is 9.55 Å². The molecule has 0 amide bonds. The first-order chi connectivity index (χ1) is 14.8. The molecule has 0 aliphatic rings. The molecule has 5 aromatic rings. The minimum atomic E-state index is 0.583. The number of hydrogen-bond donors (Lipinski definition) is 0. The van der Waals surface area contributed by atoms with Crippen LogP contribution >= 0.6 is 11.8 Å². The average Bonchev–Trinajstić information content (AvgIpc) is 3.43. The summed E-state index contributed by atoms with van der Waals surface area (Å²) in [5, 5.41) is 11.1. The van der Waals surface area contributed by atoms with Gasteiger partial charge >= 0.3 is 0 Å². The lowest BCUT2D eigenvalue weighted by atomic mass is 10.1. The first-order valence-electron chi connectivity index (χ1n) is 9.76. The van der Waals surface area contributed by atoms with E-state index >= 15 is 0 Å². The third-order valence-electron chi connectivity index (χ3n) is 5.07. The van der Waals surface area contributed by atoms with Gasteiger partial charge in [-0.05, 0) is 36.2 Å². The summed E-state index contributed by atoms with van der Waals surface area (Å²) in [4.78, 5) is 4.57. The maximum Gasteiger partial charge on any atom is 0.192 e. The van der Waals surface area contributed by atoms with Crippen molar-refractivity contribution in [2.75, 3.05) is 0 Å². The summed E-state index contributed by atoms with van der Waals surface area (Å²) in [6, 6.07) is 22.5. The van der Waals surface area contributed by atoms with Gasteiger partial charge in [0.1, 0.15) is 5.76 Å². The molecule has 0 radical (unpaired) electrons. The Morgan fingerprint density at radius 2 is 1.83 bits per heavy atom. The zero-order valence-corrected chi connectivity index (χ0v) is 17.3. The molecule has 0 unspecified atom stereocenters. The number of fused-ring (bicyclic) bond motifs is 1. The van der Waals surface area contributed by atoms with Gasteiger partial charge in [-0.25, -0.2) is 0 Å². The van der Waals surface area contributed by atoms with Gasteiger partial charge < -0.3 is 4.42 Å². The second kappa shape index (κ2) is 8.16. The van der Waals surface area contributed by atoms with Crippen LogP contribution in [0.2, 0.25) is 0 Å². The van der Waals surface area contributed by atoms with Crippen LogP contribution in [0.15, 0.2) is 88.8 Å². The zero-order valence-electron chi connectivity index (χ0n) is 16.5. The van der Waals surface area contributed by atoms with Gasteiger partial charge in [0.05, 0.1) is 18.3 Å². The second-order valence-electron chi connectivity index (χ2n) is 7.07. The van der Waals surface area contributed by atoms with E-state index in [1.54, 1.807) is 18.0 Å². The molecule has 0 aliphatic carbocycles. The highest BCUT2D eigenvalue weighted by Gasteiger charge is 2.17. The number of furan rings is 1. The molecule has 2 aromatic carbocycles. The van der Waals surface area contributed by atoms with E-state index in [1.807, 2.05) is 36.5 Å². The molecule has 3 heterocycles. The average molecular weight is 413 g/mol. The highest BCUT2D eigenvalue weighted by atomic mass is 32.2. The largest absolute Gasteiger partial charge is 0.467 e. The molecule has 5 nitrogen and oxygen atoms in total. The number of para-hydroxylation sites is 1. The number of hydrogen-bond acceptors (Lipinski definition) is 5. The van der Waals surface area contributed by atoms with Crippen molar-refractivity contribution in [3.63, 3.8) is 0 Å². The molecular formula is C24H20N4OS. The smallest absolute Gasteiger partial charge is 0.192 e. The molecule has 0 saturated heterocycles. The standard InChI is InChI=1S/C24H20N4OS/c1-17-7-2-3-12-21(17)23-26-27-24(28(23)15-20-11-6-14-29-20)30-16-19-9-4-8-18-10-5-13-25-22(18)19/h2-14H,15-16H2,1H3. The van der Waals surface area contributed by atoms with Crippen LogP contribution in [0.1, 0.15) is 16.9 Å². The summed E-state index contributed by atoms with van der Waals surface area (Å²) in [7, 11) is 0. The molecule has 148 valence electrons. The van der Waals surface area contributed by atoms with Gasteiger partial charge in [-0.2, -0.15) is 0 Å². The van der Waals surface area contributed by atoms with E-state index in [0.717, 1.165) is 39.0 Å². The quantitative estimate of drug-likeness (QED) is 0.333. The predicted octanol–water partition coefficient (Wildman–Crippen LogP) is 5.74. The number of aryl methyl sites for hydroxylation is 1. The summed E-state index contributed by atoms with van der Waals surface area (Å²) in [6.07, 6.45) is 3.54. The van der Waals surface area contributed by atoms with Crippen LogP contribution in [-0.4, -0.2) is 19.7 Å². The molecule has 30 heavy (non-hydrogen) atoms. The van der Waals surface area contributed by atoms with Crippen LogP contribution in [0, 0.1) is 6.92 Å². The van der Waals surface area contributed by atoms with E-state index in [0.29, 0.717) is 6.54 Å². The summed E-state index contributed by atoms with van der Waals surface area (Å²) in [5.41, 5.74) is 4.46. The van der Waals surface area contributed by atoms with E-state index in [2.05, 4.69) is 63.1 Å². The van der Waals surface area contributed by atoms with E-state index in [4.69, 9.17) is 4.42 Å². The summed E-state index contributed by atoms with van der Waals surface area (Å²) in [5.74, 6) is 2.49. The van der Waals surface area contributed by atoms with Crippen LogP contribution in [0.3, 0.4) is 0 Å². The number of pyridine rings is 1. The van der Waals surface area contributed by atoms with Crippen molar-refractivity contribution in [2.45, 2.75) is 24.4 Å². The number of nitrogens with zero attached hydrogens (tertiary/aromatic N) is 4. The summed E-state index contributed by atoms with van der Waals surface area (Å²) < 4.78 is 7.74. The highest BCUT2D eigenvalue weighted by Crippen LogP contribution is 2.30. The Bertz CT molecular complexity index is 1290. The molecular weight excluding hydrogens is 392 g/mol. The van der Waals surface area contributed by atoms with Gasteiger partial charge in [0.15, 0.2) is 11.0 Å². The van der Waals surface area contributed by atoms with Crippen molar-refractivity contribution >= 4 is 22.7 Å². The predicted molar refractivity (Wildman–Crippen MR) is 119 cm³/mol. The Hall–Kier alpha value is -3.38. The Morgan fingerprint density at radius 3 is 2.70 bits per heavy atom. The first kappa shape index (κ1) is 18.6. The molecule has 0 aliphatic heterocycles. The van der Waals surface area contributed by atoms with Gasteiger partial charge in [0.25, 0.3) is 0 Å². The van der Waals surface area contributed by atoms with Crippen molar-refractivity contribution in [3.8, 4) is 11.4 Å². The Kier molecular flexibility index (Phi) is 5.07. The lowest BCUT2D eigenvalue weighted by Gasteiger charge is -2.11. The van der Waals surface area contributed by atoms with Gasteiger partial charge in [-0.1, -0.05) is 60.3 Å². The van der Waals surface area contributed by atoms with Crippen LogP contribution in [0.25, 0.3) is 22.3 Å². The maximum atomic E-state index is 5.61. The monoisotopic (exact) mass is 412 g/mol. The summed E-state index contributed by atoms with van der Waals surface area (Å²) >= 11 is 1.67. The van der Waals surface area contributed by atoms with E-state index in [9.17, 15) is 0 Å². The van der Waals surface area contributed by atoms with Crippen LogP contribution < -0.4 is 0 Å². The Morgan fingerprint density at radius 1 is 0.933 bits per heavy atom. The lowest BCUT2D eigenvalue weighted by Crippen LogP contribution is -2.04. The SMILES string of the molecule is Cc1ccccc1-c1nnc(SCc2cccc3cccnc23)n1Cc1ccco1. The van der Waals surface area contributed by atoms with Crippen molar-refractivity contribution in [1.29, 1.82) is 0 Å². The first-order valence-corrected chi connectivity index (χ1v) is 10.7. The normalized spacial score (nSPS) is 11.2. The minimum absolute atomic E-state index is 0.583. The van der Waals surface area contributed by atoms with Crippen molar-refractivity contribution < 1.29 is 4.42 Å². The third-order valence-corrected chi connectivity index (χ3v) is 6.09. The Balaban J connectivity index is 1.51. The number of aromatic nitrogens is 4. The number of rotatable bonds is 6.